The topological polar surface area (TPSA) is 66.9 Å². The molecule has 0 spiro atoms. The van der Waals surface area contributed by atoms with Crippen molar-refractivity contribution in [2.45, 2.75) is 35.4 Å². The highest BCUT2D eigenvalue weighted by Crippen LogP contribution is 2.39. The minimum absolute atomic E-state index is 0.0388. The number of aryl methyl sites for hydroxylation is 1. The van der Waals surface area contributed by atoms with Crippen molar-refractivity contribution in [3.63, 3.8) is 0 Å². The van der Waals surface area contributed by atoms with Gasteiger partial charge in [-0.1, -0.05) is 71.1 Å². The maximum Gasteiger partial charge on any atom is 0.238 e. The monoisotopic (exact) mass is 396 g/mol. The van der Waals surface area contributed by atoms with Crippen LogP contribution in [0.1, 0.15) is 29.2 Å². The molecule has 5 nitrogen and oxygen atoms in total. The average Bonchev–Trinajstić information content (AvgIpc) is 3.39. The Bertz CT molecular complexity index is 907. The summed E-state index contributed by atoms with van der Waals surface area (Å²) in [7, 11) is 0. The summed E-state index contributed by atoms with van der Waals surface area (Å²) >= 11 is 2.90. The van der Waals surface area contributed by atoms with E-state index < -0.39 is 0 Å². The molecular weight excluding hydrogens is 376 g/mol. The fourth-order valence-electron chi connectivity index (χ4n) is 2.57. The molecule has 0 bridgehead atoms. The Morgan fingerprint density at radius 3 is 2.56 bits per heavy atom. The van der Waals surface area contributed by atoms with Crippen LogP contribution in [-0.2, 0) is 4.79 Å². The number of benzene rings is 2. The molecule has 1 amide bonds. The van der Waals surface area contributed by atoms with Gasteiger partial charge in [-0.25, -0.2) is 0 Å². The summed E-state index contributed by atoms with van der Waals surface area (Å²) < 4.78 is 0.768. The number of aromatic nitrogens is 2. The van der Waals surface area contributed by atoms with Crippen molar-refractivity contribution in [2.24, 2.45) is 0 Å². The van der Waals surface area contributed by atoms with E-state index in [2.05, 4.69) is 27.8 Å². The van der Waals surface area contributed by atoms with Crippen LogP contribution in [0, 0.1) is 6.92 Å². The van der Waals surface area contributed by atoms with E-state index in [-0.39, 0.29) is 11.2 Å². The molecule has 1 aliphatic rings. The molecule has 7 heteroatoms. The van der Waals surface area contributed by atoms with Crippen molar-refractivity contribution in [2.75, 3.05) is 5.32 Å². The van der Waals surface area contributed by atoms with Gasteiger partial charge in [-0.05, 0) is 37.5 Å². The molecule has 1 atom stereocenters. The van der Waals surface area contributed by atoms with Crippen LogP contribution in [0.3, 0.4) is 0 Å². The lowest BCUT2D eigenvalue weighted by Gasteiger charge is -2.15. The summed E-state index contributed by atoms with van der Waals surface area (Å²) in [6, 6.07) is 18.3. The van der Waals surface area contributed by atoms with Gasteiger partial charge in [-0.2, -0.15) is 0 Å². The molecule has 0 saturated heterocycles. The largest absolute Gasteiger partial charge is 0.352 e. The van der Waals surface area contributed by atoms with Gasteiger partial charge in [0.2, 0.25) is 11.0 Å². The summed E-state index contributed by atoms with van der Waals surface area (Å²) in [5, 5.41) is 15.2. The lowest BCUT2D eigenvalue weighted by Crippen LogP contribution is -2.29. The zero-order valence-electron chi connectivity index (χ0n) is 14.9. The Morgan fingerprint density at radius 2 is 1.85 bits per heavy atom. The van der Waals surface area contributed by atoms with E-state index >= 15 is 0 Å². The van der Waals surface area contributed by atoms with Crippen LogP contribution in [0.2, 0.25) is 0 Å². The maximum atomic E-state index is 12.7. The van der Waals surface area contributed by atoms with Crippen molar-refractivity contribution in [3.8, 4) is 0 Å². The SMILES string of the molecule is Cc1ccc(Nc2nnc(S[C@H](C(=O)NC3CC3)c3ccccc3)s2)cc1. The van der Waals surface area contributed by atoms with Crippen molar-refractivity contribution < 1.29 is 4.79 Å². The first-order chi connectivity index (χ1) is 13.2. The predicted octanol–water partition coefficient (Wildman–Crippen LogP) is 4.70. The van der Waals surface area contributed by atoms with Gasteiger partial charge in [0.05, 0.1) is 0 Å². The third-order valence-electron chi connectivity index (χ3n) is 4.19. The second-order valence-electron chi connectivity index (χ2n) is 6.56. The normalized spacial score (nSPS) is 14.6. The third-order valence-corrected chi connectivity index (χ3v) is 6.37. The zero-order chi connectivity index (χ0) is 18.6. The van der Waals surface area contributed by atoms with Crippen LogP contribution < -0.4 is 10.6 Å². The zero-order valence-corrected chi connectivity index (χ0v) is 16.5. The highest BCUT2D eigenvalue weighted by atomic mass is 32.2. The standard InChI is InChI=1S/C20H20N4OS2/c1-13-7-9-16(10-8-13)22-19-23-24-20(27-19)26-17(14-5-3-2-4-6-14)18(25)21-15-11-12-15/h2-10,15,17H,11-12H2,1H3,(H,21,25)(H,22,23)/t17-/m0/s1. The Kier molecular flexibility index (Phi) is 5.40. The minimum Gasteiger partial charge on any atom is -0.352 e. The first-order valence-electron chi connectivity index (χ1n) is 8.86. The van der Waals surface area contributed by atoms with Gasteiger partial charge in [0, 0.05) is 11.7 Å². The fraction of sp³-hybridized carbons (Fsp3) is 0.250. The maximum absolute atomic E-state index is 12.7. The quantitative estimate of drug-likeness (QED) is 0.567. The van der Waals surface area contributed by atoms with Gasteiger partial charge >= 0.3 is 0 Å². The van der Waals surface area contributed by atoms with E-state index in [1.54, 1.807) is 0 Å². The number of thioether (sulfide) groups is 1. The van der Waals surface area contributed by atoms with Gasteiger partial charge in [0.1, 0.15) is 5.25 Å². The number of rotatable bonds is 7. The summed E-state index contributed by atoms with van der Waals surface area (Å²) in [5.41, 5.74) is 3.16. The third kappa shape index (κ3) is 4.87. The van der Waals surface area contributed by atoms with Gasteiger partial charge < -0.3 is 10.6 Å². The molecule has 3 aromatic rings. The van der Waals surface area contributed by atoms with Gasteiger partial charge in [-0.3, -0.25) is 4.79 Å². The van der Waals surface area contributed by atoms with Gasteiger partial charge in [0.25, 0.3) is 0 Å². The smallest absolute Gasteiger partial charge is 0.238 e. The van der Waals surface area contributed by atoms with E-state index in [0.717, 1.165) is 33.6 Å². The van der Waals surface area contributed by atoms with Crippen LogP contribution in [0.15, 0.2) is 58.9 Å². The number of nitrogens with zero attached hydrogens (tertiary/aromatic N) is 2. The van der Waals surface area contributed by atoms with Crippen LogP contribution in [0.5, 0.6) is 0 Å². The molecule has 1 heterocycles. The van der Waals surface area contributed by atoms with Crippen LogP contribution in [-0.4, -0.2) is 22.1 Å². The summed E-state index contributed by atoms with van der Waals surface area (Å²) in [4.78, 5) is 12.7. The number of carbonyl (C=O) groups excluding carboxylic acids is 1. The van der Waals surface area contributed by atoms with E-state index in [1.807, 2.05) is 54.6 Å². The Morgan fingerprint density at radius 1 is 1.11 bits per heavy atom. The number of carbonyl (C=O) groups is 1. The Labute approximate surface area is 166 Å². The highest BCUT2D eigenvalue weighted by Gasteiger charge is 2.29. The summed E-state index contributed by atoms with van der Waals surface area (Å²) in [5.74, 6) is 0.0388. The second-order valence-corrected chi connectivity index (χ2v) is 8.89. The minimum atomic E-state index is -0.327. The molecule has 1 aliphatic carbocycles. The number of hydrogen-bond donors (Lipinski definition) is 2. The van der Waals surface area contributed by atoms with E-state index in [9.17, 15) is 4.79 Å². The lowest BCUT2D eigenvalue weighted by atomic mass is 10.1. The molecule has 1 saturated carbocycles. The molecule has 2 N–H and O–H groups in total. The molecule has 0 radical (unpaired) electrons. The molecular formula is C20H20N4OS2. The van der Waals surface area contributed by atoms with Crippen molar-refractivity contribution >= 4 is 39.8 Å². The van der Waals surface area contributed by atoms with Crippen LogP contribution >= 0.6 is 23.1 Å². The van der Waals surface area contributed by atoms with E-state index in [0.29, 0.717) is 6.04 Å². The summed E-state index contributed by atoms with van der Waals surface area (Å²) in [6.45, 7) is 2.06. The summed E-state index contributed by atoms with van der Waals surface area (Å²) in [6.07, 6.45) is 2.14. The van der Waals surface area contributed by atoms with Crippen LogP contribution in [0.4, 0.5) is 10.8 Å². The molecule has 0 aliphatic heterocycles. The van der Waals surface area contributed by atoms with Crippen molar-refractivity contribution in [1.29, 1.82) is 0 Å². The number of nitrogens with one attached hydrogen (secondary N) is 2. The Hall–Kier alpha value is -2.38. The lowest BCUT2D eigenvalue weighted by molar-refractivity contribution is -0.120. The number of hydrogen-bond acceptors (Lipinski definition) is 6. The molecule has 27 heavy (non-hydrogen) atoms. The molecule has 2 aromatic carbocycles. The molecule has 138 valence electrons. The average molecular weight is 397 g/mol. The molecule has 0 unspecified atom stereocenters. The molecule has 1 fully saturated rings. The van der Waals surface area contributed by atoms with Crippen molar-refractivity contribution in [3.05, 3.63) is 65.7 Å². The van der Waals surface area contributed by atoms with E-state index in [4.69, 9.17) is 0 Å². The first-order valence-corrected chi connectivity index (χ1v) is 10.6. The van der Waals surface area contributed by atoms with E-state index in [1.165, 1.54) is 28.7 Å². The van der Waals surface area contributed by atoms with Gasteiger partial charge in [-0.15, -0.1) is 10.2 Å². The van der Waals surface area contributed by atoms with Crippen molar-refractivity contribution in [1.82, 2.24) is 15.5 Å². The first kappa shape index (κ1) is 18.0. The Balaban J connectivity index is 1.48. The molecule has 1 aromatic heterocycles. The highest BCUT2D eigenvalue weighted by molar-refractivity contribution is 8.01. The number of anilines is 2. The second kappa shape index (κ2) is 8.10. The van der Waals surface area contributed by atoms with Crippen LogP contribution in [0.25, 0.3) is 0 Å². The predicted molar refractivity (Wildman–Crippen MR) is 111 cm³/mol. The fourth-order valence-corrected chi connectivity index (χ4v) is 4.55. The molecule has 4 rings (SSSR count). The van der Waals surface area contributed by atoms with Gasteiger partial charge in [0.15, 0.2) is 4.34 Å². The number of amides is 1.